The van der Waals surface area contributed by atoms with Crippen LogP contribution in [0.15, 0.2) is 11.6 Å². The Kier molecular flexibility index (Phi) is 6.24. The highest BCUT2D eigenvalue weighted by Crippen LogP contribution is 2.05. The molecule has 3 heteroatoms. The van der Waals surface area contributed by atoms with Crippen molar-refractivity contribution in [2.24, 2.45) is 0 Å². The molecule has 0 fully saturated rings. The molecule has 1 atom stereocenters. The van der Waals surface area contributed by atoms with Crippen molar-refractivity contribution in [3.05, 3.63) is 11.6 Å². The summed E-state index contributed by atoms with van der Waals surface area (Å²) in [6.07, 6.45) is 4.76. The van der Waals surface area contributed by atoms with Crippen LogP contribution in [0.5, 0.6) is 0 Å². The van der Waals surface area contributed by atoms with Gasteiger partial charge in [-0.05, 0) is 38.7 Å². The number of allylic oxidation sites excluding steroid dienone is 1. The Hall–Kier alpha value is -0.830. The molecule has 0 aromatic heterocycles. The van der Waals surface area contributed by atoms with Crippen LogP contribution in [0.3, 0.4) is 0 Å². The monoisotopic (exact) mass is 185 g/mol. The van der Waals surface area contributed by atoms with E-state index in [0.29, 0.717) is 0 Å². The fourth-order valence-electron chi connectivity index (χ4n) is 0.986. The predicted molar refractivity (Wildman–Crippen MR) is 48.9 cm³/mol. The van der Waals surface area contributed by atoms with Gasteiger partial charge in [-0.25, -0.2) is 0 Å². The normalized spacial score (nSPS) is 14.2. The molecular weight excluding hydrogens is 168 g/mol. The lowest BCUT2D eigenvalue weighted by molar-refractivity contribution is -0.299. The zero-order valence-corrected chi connectivity index (χ0v) is 8.25. The van der Waals surface area contributed by atoms with E-state index in [4.69, 9.17) is 5.11 Å². The quantitative estimate of drug-likeness (QED) is 0.487. The Morgan fingerprint density at radius 3 is 2.62 bits per heavy atom. The van der Waals surface area contributed by atoms with E-state index in [1.54, 1.807) is 13.0 Å². The van der Waals surface area contributed by atoms with Crippen molar-refractivity contribution in [3.63, 3.8) is 0 Å². The fourth-order valence-corrected chi connectivity index (χ4v) is 0.986. The standard InChI is InChI=1S/C10H18O3/c1-8(10(12)13)6-4-3-5-7-9(2)11/h6,9,11H,3-5,7H2,1-2H3,(H,12,13)/p-1/b8-6+. The lowest BCUT2D eigenvalue weighted by atomic mass is 10.1. The highest BCUT2D eigenvalue weighted by molar-refractivity contribution is 5.83. The molecule has 13 heavy (non-hydrogen) atoms. The number of rotatable bonds is 6. The molecule has 0 aliphatic rings. The minimum absolute atomic E-state index is 0.258. The SMILES string of the molecule is C/C(=C\CCCCC(C)O)C(=O)[O-]. The molecule has 0 amide bonds. The van der Waals surface area contributed by atoms with E-state index in [1.807, 2.05) is 0 Å². The van der Waals surface area contributed by atoms with E-state index in [9.17, 15) is 9.90 Å². The maximum Gasteiger partial charge on any atom is 0.0668 e. The van der Waals surface area contributed by atoms with Gasteiger partial charge in [-0.3, -0.25) is 0 Å². The topological polar surface area (TPSA) is 60.4 Å². The van der Waals surface area contributed by atoms with E-state index in [1.165, 1.54) is 6.92 Å². The molecule has 0 radical (unpaired) electrons. The summed E-state index contributed by atoms with van der Waals surface area (Å²) in [6, 6.07) is 0. The van der Waals surface area contributed by atoms with Crippen molar-refractivity contribution in [1.82, 2.24) is 0 Å². The summed E-state index contributed by atoms with van der Waals surface area (Å²) in [4.78, 5) is 10.3. The third-order valence-corrected chi connectivity index (χ3v) is 1.85. The van der Waals surface area contributed by atoms with E-state index < -0.39 is 5.97 Å². The lowest BCUT2D eigenvalue weighted by Crippen LogP contribution is -2.22. The van der Waals surface area contributed by atoms with Crippen molar-refractivity contribution in [2.75, 3.05) is 0 Å². The Labute approximate surface area is 79.1 Å². The van der Waals surface area contributed by atoms with Gasteiger partial charge in [0.2, 0.25) is 0 Å². The van der Waals surface area contributed by atoms with Crippen LogP contribution in [0.25, 0.3) is 0 Å². The number of aliphatic hydroxyl groups is 1. The molecule has 0 spiro atoms. The maximum absolute atomic E-state index is 10.3. The van der Waals surface area contributed by atoms with Gasteiger partial charge < -0.3 is 15.0 Å². The first-order chi connectivity index (χ1) is 6.04. The van der Waals surface area contributed by atoms with Gasteiger partial charge >= 0.3 is 0 Å². The van der Waals surface area contributed by atoms with Crippen LogP contribution in [-0.2, 0) is 4.79 Å². The molecule has 0 bridgehead atoms. The molecule has 0 aliphatic heterocycles. The van der Waals surface area contributed by atoms with Gasteiger partial charge in [-0.15, -0.1) is 0 Å². The molecule has 3 nitrogen and oxygen atoms in total. The van der Waals surface area contributed by atoms with Crippen molar-refractivity contribution < 1.29 is 15.0 Å². The molecule has 0 heterocycles. The van der Waals surface area contributed by atoms with Gasteiger partial charge in [-0.1, -0.05) is 12.5 Å². The van der Waals surface area contributed by atoms with Crippen molar-refractivity contribution in [2.45, 2.75) is 45.6 Å². The minimum Gasteiger partial charge on any atom is -0.545 e. The number of aliphatic carboxylic acids is 1. The summed E-state index contributed by atoms with van der Waals surface area (Å²) in [5, 5.41) is 19.2. The Bertz CT molecular complexity index is 183. The summed E-state index contributed by atoms with van der Waals surface area (Å²) < 4.78 is 0. The van der Waals surface area contributed by atoms with Crippen LogP contribution >= 0.6 is 0 Å². The van der Waals surface area contributed by atoms with Gasteiger partial charge in [0.25, 0.3) is 0 Å². The van der Waals surface area contributed by atoms with Gasteiger partial charge in [0.05, 0.1) is 12.1 Å². The smallest absolute Gasteiger partial charge is 0.0668 e. The van der Waals surface area contributed by atoms with E-state index in [-0.39, 0.29) is 11.7 Å². The fraction of sp³-hybridized carbons (Fsp3) is 0.700. The van der Waals surface area contributed by atoms with Gasteiger partial charge in [0.1, 0.15) is 0 Å². The largest absolute Gasteiger partial charge is 0.545 e. The summed E-state index contributed by atoms with van der Waals surface area (Å²) in [5.41, 5.74) is 0.289. The van der Waals surface area contributed by atoms with Gasteiger partial charge in [0, 0.05) is 0 Å². The van der Waals surface area contributed by atoms with Gasteiger partial charge in [0.15, 0.2) is 0 Å². The van der Waals surface area contributed by atoms with Crippen LogP contribution in [-0.4, -0.2) is 17.2 Å². The zero-order chi connectivity index (χ0) is 10.3. The van der Waals surface area contributed by atoms with E-state index in [2.05, 4.69) is 0 Å². The summed E-state index contributed by atoms with van der Waals surface area (Å²) in [5.74, 6) is -1.10. The highest BCUT2D eigenvalue weighted by Gasteiger charge is 1.94. The second-order valence-corrected chi connectivity index (χ2v) is 3.31. The number of carbonyl (C=O) groups excluding carboxylic acids is 1. The van der Waals surface area contributed by atoms with Crippen molar-refractivity contribution in [1.29, 1.82) is 0 Å². The Balaban J connectivity index is 3.45. The number of carboxylic acid groups (broad SMARTS) is 1. The molecule has 0 aromatic rings. The molecule has 1 unspecified atom stereocenters. The Morgan fingerprint density at radius 1 is 1.54 bits per heavy atom. The van der Waals surface area contributed by atoms with Crippen LogP contribution < -0.4 is 5.11 Å². The second kappa shape index (κ2) is 6.66. The first kappa shape index (κ1) is 12.2. The zero-order valence-electron chi connectivity index (χ0n) is 8.25. The third kappa shape index (κ3) is 7.53. The lowest BCUT2D eigenvalue weighted by Gasteiger charge is -2.03. The minimum atomic E-state index is -1.10. The Morgan fingerprint density at radius 2 is 2.15 bits per heavy atom. The summed E-state index contributed by atoms with van der Waals surface area (Å²) in [6.45, 7) is 3.28. The summed E-state index contributed by atoms with van der Waals surface area (Å²) >= 11 is 0. The molecule has 76 valence electrons. The number of hydrogen-bond acceptors (Lipinski definition) is 3. The predicted octanol–water partition coefficient (Wildman–Crippen LogP) is 0.624. The van der Waals surface area contributed by atoms with Crippen LogP contribution in [0.2, 0.25) is 0 Å². The van der Waals surface area contributed by atoms with E-state index >= 15 is 0 Å². The van der Waals surface area contributed by atoms with Crippen LogP contribution in [0, 0.1) is 0 Å². The number of hydrogen-bond donors (Lipinski definition) is 1. The average Bonchev–Trinajstić information content (AvgIpc) is 2.02. The number of carbonyl (C=O) groups is 1. The number of carboxylic acids is 1. The molecule has 0 rings (SSSR count). The number of aliphatic hydroxyl groups excluding tert-OH is 1. The van der Waals surface area contributed by atoms with Crippen LogP contribution in [0.1, 0.15) is 39.5 Å². The number of unbranched alkanes of at least 4 members (excludes halogenated alkanes) is 2. The maximum atomic E-state index is 10.3. The summed E-state index contributed by atoms with van der Waals surface area (Å²) in [7, 11) is 0. The van der Waals surface area contributed by atoms with Crippen molar-refractivity contribution >= 4 is 5.97 Å². The average molecular weight is 185 g/mol. The molecule has 0 saturated heterocycles. The molecule has 0 saturated carbocycles. The molecule has 0 aromatic carbocycles. The van der Waals surface area contributed by atoms with Gasteiger partial charge in [-0.2, -0.15) is 0 Å². The first-order valence-corrected chi connectivity index (χ1v) is 4.60. The van der Waals surface area contributed by atoms with Crippen LogP contribution in [0.4, 0.5) is 0 Å². The van der Waals surface area contributed by atoms with E-state index in [0.717, 1.165) is 25.7 Å². The molecule has 0 aliphatic carbocycles. The van der Waals surface area contributed by atoms with Crippen molar-refractivity contribution in [3.8, 4) is 0 Å². The molecular formula is C10H17O3-. The highest BCUT2D eigenvalue weighted by atomic mass is 16.4. The third-order valence-electron chi connectivity index (χ3n) is 1.85. The second-order valence-electron chi connectivity index (χ2n) is 3.31. The molecule has 1 N–H and O–H groups in total. The first-order valence-electron chi connectivity index (χ1n) is 4.60.